The fourth-order valence-electron chi connectivity index (χ4n) is 2.17. The van der Waals surface area contributed by atoms with Gasteiger partial charge in [0.1, 0.15) is 18.0 Å². The van der Waals surface area contributed by atoms with Crippen LogP contribution in [0.5, 0.6) is 0 Å². The molecule has 0 aliphatic heterocycles. The van der Waals surface area contributed by atoms with Gasteiger partial charge in [-0.05, 0) is 26.2 Å². The van der Waals surface area contributed by atoms with Crippen LogP contribution in [0.4, 0.5) is 11.6 Å². The normalized spacial score (nSPS) is 11.7. The maximum atomic E-state index is 5.51. The number of nitrogen functional groups attached to an aromatic ring is 1. The molecule has 0 amide bonds. The molecule has 1 heterocycles. The Labute approximate surface area is 110 Å². The first kappa shape index (κ1) is 14.7. The quantitative estimate of drug-likeness (QED) is 0.535. The van der Waals surface area contributed by atoms with Crippen molar-refractivity contribution in [3.63, 3.8) is 0 Å². The highest BCUT2D eigenvalue weighted by Crippen LogP contribution is 2.30. The second-order valence-corrected chi connectivity index (χ2v) is 5.54. The number of hydrogen-bond acceptors (Lipinski definition) is 5. The van der Waals surface area contributed by atoms with Crippen molar-refractivity contribution in [1.29, 1.82) is 0 Å². The second kappa shape index (κ2) is 6.00. The third kappa shape index (κ3) is 3.57. The maximum absolute atomic E-state index is 5.51. The molecule has 5 heteroatoms. The predicted molar refractivity (Wildman–Crippen MR) is 76.5 cm³/mol. The van der Waals surface area contributed by atoms with Gasteiger partial charge in [0, 0.05) is 11.1 Å². The lowest BCUT2D eigenvalue weighted by Crippen LogP contribution is -2.32. The number of rotatable bonds is 6. The third-order valence-electron chi connectivity index (χ3n) is 2.93. The van der Waals surface area contributed by atoms with E-state index < -0.39 is 0 Å². The summed E-state index contributed by atoms with van der Waals surface area (Å²) in [6.07, 6.45) is 3.75. The van der Waals surface area contributed by atoms with Gasteiger partial charge >= 0.3 is 0 Å². The smallest absolute Gasteiger partial charge is 0.148 e. The summed E-state index contributed by atoms with van der Waals surface area (Å²) in [5.74, 6) is 7.37. The minimum Gasteiger partial charge on any atom is -0.365 e. The Hall–Kier alpha value is -1.36. The van der Waals surface area contributed by atoms with Gasteiger partial charge in [-0.15, -0.1) is 0 Å². The molecule has 0 bridgehead atoms. The van der Waals surface area contributed by atoms with E-state index in [9.17, 15) is 0 Å². The van der Waals surface area contributed by atoms with Crippen molar-refractivity contribution in [2.45, 2.75) is 58.9 Å². The number of nitrogens with two attached hydrogens (primary N) is 1. The highest BCUT2D eigenvalue weighted by Gasteiger charge is 2.21. The van der Waals surface area contributed by atoms with Crippen LogP contribution in [0, 0.1) is 0 Å². The van der Waals surface area contributed by atoms with Crippen LogP contribution in [0.15, 0.2) is 6.33 Å². The Morgan fingerprint density at radius 3 is 2.39 bits per heavy atom. The lowest BCUT2D eigenvalue weighted by atomic mass is 9.97. The van der Waals surface area contributed by atoms with Gasteiger partial charge < -0.3 is 10.7 Å². The van der Waals surface area contributed by atoms with Crippen molar-refractivity contribution in [3.8, 4) is 0 Å². The van der Waals surface area contributed by atoms with E-state index in [4.69, 9.17) is 5.84 Å². The van der Waals surface area contributed by atoms with Gasteiger partial charge in [-0.3, -0.25) is 0 Å². The first-order valence-corrected chi connectivity index (χ1v) is 6.51. The number of aromatic nitrogens is 2. The first-order valence-electron chi connectivity index (χ1n) is 6.51. The summed E-state index contributed by atoms with van der Waals surface area (Å²) in [6.45, 7) is 10.8. The predicted octanol–water partition coefficient (Wildman–Crippen LogP) is 2.88. The zero-order chi connectivity index (χ0) is 13.8. The van der Waals surface area contributed by atoms with E-state index in [1.165, 1.54) is 6.33 Å². The topological polar surface area (TPSA) is 75.9 Å². The van der Waals surface area contributed by atoms with Crippen LogP contribution >= 0.6 is 0 Å². The van der Waals surface area contributed by atoms with Crippen LogP contribution in [-0.2, 0) is 0 Å². The highest BCUT2D eigenvalue weighted by molar-refractivity contribution is 5.59. The molecule has 0 saturated heterocycles. The number of anilines is 2. The van der Waals surface area contributed by atoms with Gasteiger partial charge in [0.05, 0.1) is 0 Å². The molecule has 1 aromatic heterocycles. The fraction of sp³-hybridized carbons (Fsp3) is 0.692. The summed E-state index contributed by atoms with van der Waals surface area (Å²) in [6, 6.07) is 0. The Kier molecular flexibility index (Phi) is 4.90. The van der Waals surface area contributed by atoms with Crippen molar-refractivity contribution in [1.82, 2.24) is 9.97 Å². The monoisotopic (exact) mass is 251 g/mol. The van der Waals surface area contributed by atoms with Crippen molar-refractivity contribution < 1.29 is 0 Å². The summed E-state index contributed by atoms with van der Waals surface area (Å²) in [5, 5.41) is 3.50. The molecular weight excluding hydrogens is 226 g/mol. The molecule has 0 saturated carbocycles. The van der Waals surface area contributed by atoms with Crippen molar-refractivity contribution in [3.05, 3.63) is 11.9 Å². The minimum atomic E-state index is 0.0125. The zero-order valence-electron chi connectivity index (χ0n) is 12.0. The number of hydrazine groups is 1. The molecule has 0 unspecified atom stereocenters. The molecule has 0 fully saturated rings. The van der Waals surface area contributed by atoms with Gasteiger partial charge in [0.25, 0.3) is 0 Å². The molecule has 0 atom stereocenters. The van der Waals surface area contributed by atoms with E-state index in [1.807, 2.05) is 0 Å². The Balaban J connectivity index is 3.08. The molecule has 0 aromatic carbocycles. The fourth-order valence-corrected chi connectivity index (χ4v) is 2.17. The molecule has 0 radical (unpaired) electrons. The number of nitrogens with zero attached hydrogens (tertiary/aromatic N) is 2. The third-order valence-corrected chi connectivity index (χ3v) is 2.93. The second-order valence-electron chi connectivity index (χ2n) is 5.54. The highest BCUT2D eigenvalue weighted by atomic mass is 15.3. The van der Waals surface area contributed by atoms with Crippen molar-refractivity contribution in [2.75, 3.05) is 10.7 Å². The molecule has 0 aliphatic rings. The van der Waals surface area contributed by atoms with E-state index in [0.29, 0.717) is 11.7 Å². The largest absolute Gasteiger partial charge is 0.365 e. The average molecular weight is 251 g/mol. The van der Waals surface area contributed by atoms with E-state index in [0.717, 1.165) is 24.2 Å². The average Bonchev–Trinajstić information content (AvgIpc) is 2.27. The lowest BCUT2D eigenvalue weighted by Gasteiger charge is -2.28. The maximum Gasteiger partial charge on any atom is 0.148 e. The van der Waals surface area contributed by atoms with Gasteiger partial charge in [0.2, 0.25) is 0 Å². The number of nitrogens with one attached hydrogen (secondary N) is 2. The van der Waals surface area contributed by atoms with Crippen molar-refractivity contribution >= 4 is 11.6 Å². The molecule has 0 aliphatic carbocycles. The zero-order valence-corrected chi connectivity index (χ0v) is 12.0. The van der Waals surface area contributed by atoms with E-state index in [-0.39, 0.29) is 5.54 Å². The molecule has 0 spiro atoms. The Morgan fingerprint density at radius 2 is 1.89 bits per heavy atom. The van der Waals surface area contributed by atoms with E-state index >= 15 is 0 Å². The summed E-state index contributed by atoms with van der Waals surface area (Å²) in [4.78, 5) is 8.53. The SMILES string of the molecule is CCCC(C)(C)Nc1ncnc(NN)c1C(C)C. The summed E-state index contributed by atoms with van der Waals surface area (Å²) >= 11 is 0. The van der Waals surface area contributed by atoms with Crippen LogP contribution in [0.1, 0.15) is 58.9 Å². The van der Waals surface area contributed by atoms with Gasteiger partial charge in [-0.2, -0.15) is 0 Å². The van der Waals surface area contributed by atoms with Gasteiger partial charge in [-0.1, -0.05) is 27.2 Å². The van der Waals surface area contributed by atoms with E-state index in [1.54, 1.807) is 0 Å². The van der Waals surface area contributed by atoms with Crippen LogP contribution < -0.4 is 16.6 Å². The first-order chi connectivity index (χ1) is 8.41. The standard InChI is InChI=1S/C13H25N5/c1-6-7-13(4,5)17-11-10(9(2)3)12(18-14)16-8-15-11/h8-9H,6-7,14H2,1-5H3,(H2,15,16,17,18). The molecule has 18 heavy (non-hydrogen) atoms. The number of hydrogen-bond donors (Lipinski definition) is 3. The summed E-state index contributed by atoms with van der Waals surface area (Å²) < 4.78 is 0. The van der Waals surface area contributed by atoms with Crippen molar-refractivity contribution in [2.24, 2.45) is 5.84 Å². The van der Waals surface area contributed by atoms with Crippen LogP contribution in [0.2, 0.25) is 0 Å². The molecule has 4 N–H and O–H groups in total. The summed E-state index contributed by atoms with van der Waals surface area (Å²) in [5.41, 5.74) is 3.69. The van der Waals surface area contributed by atoms with Gasteiger partial charge in [0.15, 0.2) is 0 Å². The van der Waals surface area contributed by atoms with Crippen LogP contribution in [0.25, 0.3) is 0 Å². The lowest BCUT2D eigenvalue weighted by molar-refractivity contribution is 0.507. The van der Waals surface area contributed by atoms with E-state index in [2.05, 4.69) is 55.3 Å². The van der Waals surface area contributed by atoms with Crippen LogP contribution in [0.3, 0.4) is 0 Å². The molecule has 1 aromatic rings. The molecule has 1 rings (SSSR count). The molecule has 5 nitrogen and oxygen atoms in total. The Morgan fingerprint density at radius 1 is 1.28 bits per heavy atom. The Bertz CT molecular complexity index is 387. The molecular formula is C13H25N5. The van der Waals surface area contributed by atoms with Crippen LogP contribution in [-0.4, -0.2) is 15.5 Å². The minimum absolute atomic E-state index is 0.0125. The summed E-state index contributed by atoms with van der Waals surface area (Å²) in [7, 11) is 0. The van der Waals surface area contributed by atoms with Gasteiger partial charge in [-0.25, -0.2) is 15.8 Å². The molecule has 102 valence electrons.